The number of carbonyl (C=O) groups excluding carboxylic acids is 1. The number of allylic oxidation sites excluding steroid dienone is 5. The number of hydrogen-bond donors (Lipinski definition) is 2. The lowest BCUT2D eigenvalue weighted by Gasteiger charge is -2.19. The molecule has 2 rings (SSSR count). The zero-order chi connectivity index (χ0) is 26.5. The van der Waals surface area contributed by atoms with Gasteiger partial charge in [0.25, 0.3) is 0 Å². The molecular formula is C30H50N2O3. The molecule has 0 unspecified atom stereocenters. The number of amides is 2. The van der Waals surface area contributed by atoms with E-state index in [-0.39, 0.29) is 11.8 Å². The Balaban J connectivity index is 0.000000546. The molecule has 1 aromatic carbocycles. The Morgan fingerprint density at radius 1 is 1.09 bits per heavy atom. The average molecular weight is 487 g/mol. The highest BCUT2D eigenvalue weighted by atomic mass is 16.5. The molecule has 2 N–H and O–H groups in total. The predicted molar refractivity (Wildman–Crippen MR) is 149 cm³/mol. The van der Waals surface area contributed by atoms with Crippen LogP contribution >= 0.6 is 0 Å². The lowest BCUT2D eigenvalue weighted by atomic mass is 10.2. The number of hydrogen-bond acceptors (Lipinski definition) is 3. The number of phenols is 1. The summed E-state index contributed by atoms with van der Waals surface area (Å²) in [6.45, 7) is 18.8. The molecule has 0 spiro atoms. The van der Waals surface area contributed by atoms with Gasteiger partial charge in [-0.15, -0.1) is 0 Å². The fraction of sp³-hybridized carbons (Fsp3) is 0.567. The number of aromatic hydroxyl groups is 1. The molecule has 35 heavy (non-hydrogen) atoms. The number of nitrogens with one attached hydrogen (secondary N) is 1. The van der Waals surface area contributed by atoms with Crippen molar-refractivity contribution in [1.29, 1.82) is 0 Å². The first-order valence-corrected chi connectivity index (χ1v) is 13.2. The number of nitrogens with zero attached hydrogens (tertiary/aromatic N) is 1. The zero-order valence-corrected chi connectivity index (χ0v) is 23.1. The molecule has 1 aromatic rings. The Kier molecular flexibility index (Phi) is 19.1. The van der Waals surface area contributed by atoms with Crippen LogP contribution < -0.4 is 5.32 Å². The molecule has 0 saturated heterocycles. The minimum atomic E-state index is -0.0573. The van der Waals surface area contributed by atoms with Crippen LogP contribution in [0.15, 0.2) is 60.4 Å². The van der Waals surface area contributed by atoms with Crippen molar-refractivity contribution in [2.75, 3.05) is 19.7 Å². The normalized spacial score (nSPS) is 13.0. The molecule has 0 atom stereocenters. The van der Waals surface area contributed by atoms with E-state index in [2.05, 4.69) is 25.7 Å². The van der Waals surface area contributed by atoms with Crippen molar-refractivity contribution in [3.05, 3.63) is 66.0 Å². The molecular weight excluding hydrogens is 436 g/mol. The van der Waals surface area contributed by atoms with Crippen molar-refractivity contribution in [3.63, 3.8) is 0 Å². The van der Waals surface area contributed by atoms with Crippen LogP contribution in [0.3, 0.4) is 0 Å². The number of rotatable bonds is 12. The van der Waals surface area contributed by atoms with Crippen molar-refractivity contribution < 1.29 is 14.6 Å². The van der Waals surface area contributed by atoms with Gasteiger partial charge in [-0.1, -0.05) is 70.4 Å². The lowest BCUT2D eigenvalue weighted by Crippen LogP contribution is -2.39. The Morgan fingerprint density at radius 2 is 1.66 bits per heavy atom. The first-order chi connectivity index (χ1) is 16.8. The maximum atomic E-state index is 11.6. The van der Waals surface area contributed by atoms with Gasteiger partial charge in [-0.05, 0) is 75.8 Å². The lowest BCUT2D eigenvalue weighted by molar-refractivity contribution is 0.201. The van der Waals surface area contributed by atoms with Crippen molar-refractivity contribution in [3.8, 4) is 5.75 Å². The Bertz CT molecular complexity index is 741. The largest absolute Gasteiger partial charge is 0.508 e. The maximum absolute atomic E-state index is 11.6. The molecule has 198 valence electrons. The first kappa shape index (κ1) is 32.3. The third-order valence-corrected chi connectivity index (χ3v) is 5.44. The fourth-order valence-electron chi connectivity index (χ4n) is 3.04. The summed E-state index contributed by atoms with van der Waals surface area (Å²) in [6, 6.07) is 6.74. The van der Waals surface area contributed by atoms with E-state index in [0.717, 1.165) is 23.8 Å². The quantitative estimate of drug-likeness (QED) is 0.179. The highest BCUT2D eigenvalue weighted by Gasteiger charge is 2.21. The van der Waals surface area contributed by atoms with Crippen LogP contribution in [0.25, 0.3) is 0 Å². The summed E-state index contributed by atoms with van der Waals surface area (Å²) in [4.78, 5) is 13.3. The summed E-state index contributed by atoms with van der Waals surface area (Å²) in [6.07, 6.45) is 14.0. The van der Waals surface area contributed by atoms with E-state index in [4.69, 9.17) is 9.84 Å². The third kappa shape index (κ3) is 18.3. The summed E-state index contributed by atoms with van der Waals surface area (Å²) < 4.78 is 5.57. The van der Waals surface area contributed by atoms with Crippen LogP contribution in [0.2, 0.25) is 0 Å². The Morgan fingerprint density at radius 3 is 2.11 bits per heavy atom. The van der Waals surface area contributed by atoms with Crippen molar-refractivity contribution >= 4 is 6.03 Å². The van der Waals surface area contributed by atoms with E-state index in [1.165, 1.54) is 44.1 Å². The third-order valence-electron chi connectivity index (χ3n) is 5.44. The summed E-state index contributed by atoms with van der Waals surface area (Å²) >= 11 is 0. The summed E-state index contributed by atoms with van der Waals surface area (Å²) in [5, 5.41) is 11.9. The summed E-state index contributed by atoms with van der Waals surface area (Å²) in [7, 11) is 0. The van der Waals surface area contributed by atoms with Crippen molar-refractivity contribution in [2.24, 2.45) is 5.92 Å². The topological polar surface area (TPSA) is 61.8 Å². The number of phenolic OH excluding ortho intramolecular Hbond substituents is 1. The number of carbonyl (C=O) groups is 1. The number of unbranched alkanes of at least 4 members (excludes halogenated alkanes) is 3. The van der Waals surface area contributed by atoms with Gasteiger partial charge < -0.3 is 20.1 Å². The molecule has 0 radical (unpaired) electrons. The van der Waals surface area contributed by atoms with E-state index < -0.39 is 0 Å². The SMILES string of the molecule is C=C/C=C(C)\C=C(/C)OCC1CC1.CCCCCC.CCN(CC)C(=O)NCc1ccc(O)cc1. The molecule has 0 heterocycles. The van der Waals surface area contributed by atoms with Gasteiger partial charge in [-0.25, -0.2) is 4.79 Å². The number of urea groups is 1. The molecule has 1 saturated carbocycles. The van der Waals surface area contributed by atoms with E-state index in [0.29, 0.717) is 19.6 Å². The van der Waals surface area contributed by atoms with Crippen LogP contribution in [0.4, 0.5) is 4.79 Å². The molecule has 1 aliphatic carbocycles. The highest BCUT2D eigenvalue weighted by molar-refractivity contribution is 5.74. The summed E-state index contributed by atoms with van der Waals surface area (Å²) in [5.41, 5.74) is 2.15. The van der Waals surface area contributed by atoms with Gasteiger partial charge in [0.1, 0.15) is 5.75 Å². The van der Waals surface area contributed by atoms with E-state index in [9.17, 15) is 4.79 Å². The van der Waals surface area contributed by atoms with Gasteiger partial charge >= 0.3 is 6.03 Å². The minimum absolute atomic E-state index is 0.0573. The fourth-order valence-corrected chi connectivity index (χ4v) is 3.04. The van der Waals surface area contributed by atoms with Crippen LogP contribution in [0, 0.1) is 5.92 Å². The van der Waals surface area contributed by atoms with Crippen LogP contribution in [0.5, 0.6) is 5.75 Å². The van der Waals surface area contributed by atoms with Gasteiger partial charge in [0.2, 0.25) is 0 Å². The molecule has 2 amide bonds. The molecule has 5 heteroatoms. The van der Waals surface area contributed by atoms with E-state index in [1.807, 2.05) is 39.8 Å². The monoisotopic (exact) mass is 486 g/mol. The average Bonchev–Trinajstić information content (AvgIpc) is 3.67. The highest BCUT2D eigenvalue weighted by Crippen LogP contribution is 2.29. The Labute approximate surface area is 215 Å². The second-order valence-corrected chi connectivity index (χ2v) is 8.86. The summed E-state index contributed by atoms with van der Waals surface area (Å²) in [5.74, 6) is 2.06. The maximum Gasteiger partial charge on any atom is 0.317 e. The van der Waals surface area contributed by atoms with Crippen molar-refractivity contribution in [2.45, 2.75) is 86.6 Å². The zero-order valence-electron chi connectivity index (χ0n) is 23.1. The molecule has 0 aromatic heterocycles. The molecule has 1 fully saturated rings. The van der Waals surface area contributed by atoms with Crippen LogP contribution in [-0.2, 0) is 11.3 Å². The second-order valence-electron chi connectivity index (χ2n) is 8.86. The van der Waals surface area contributed by atoms with E-state index >= 15 is 0 Å². The van der Waals surface area contributed by atoms with Gasteiger partial charge in [0.05, 0.1) is 12.4 Å². The van der Waals surface area contributed by atoms with E-state index in [1.54, 1.807) is 35.2 Å². The van der Waals surface area contributed by atoms with Gasteiger partial charge in [0.15, 0.2) is 0 Å². The number of benzene rings is 1. The minimum Gasteiger partial charge on any atom is -0.508 e. The smallest absolute Gasteiger partial charge is 0.317 e. The number of ether oxygens (including phenoxy) is 1. The Hall–Kier alpha value is -2.69. The van der Waals surface area contributed by atoms with Gasteiger partial charge in [-0.2, -0.15) is 0 Å². The molecule has 1 aliphatic rings. The molecule has 5 nitrogen and oxygen atoms in total. The standard InChI is InChI=1S/C12H18N2O2.C12H18O.C6H14/c1-3-14(4-2)12(16)13-9-10-5-7-11(15)8-6-10;1-4-5-10(2)8-11(3)13-9-12-6-7-12;1-3-5-6-4-2/h5-8,15H,3-4,9H2,1-2H3,(H,13,16);4-5,8,12H,1,6-7,9H2,2-3H3;3-6H2,1-2H3/b;10-5-,11-8+;. The second kappa shape index (κ2) is 20.7. The van der Waals surface area contributed by atoms with Crippen LogP contribution in [0.1, 0.15) is 85.6 Å². The van der Waals surface area contributed by atoms with Crippen LogP contribution in [-0.4, -0.2) is 35.7 Å². The van der Waals surface area contributed by atoms with Crippen molar-refractivity contribution in [1.82, 2.24) is 10.2 Å². The molecule has 0 bridgehead atoms. The van der Waals surface area contributed by atoms with Gasteiger partial charge in [-0.3, -0.25) is 0 Å². The molecule has 0 aliphatic heterocycles. The first-order valence-electron chi connectivity index (χ1n) is 13.2. The van der Waals surface area contributed by atoms with Gasteiger partial charge in [0, 0.05) is 19.6 Å². The predicted octanol–water partition coefficient (Wildman–Crippen LogP) is 7.98.